The Bertz CT molecular complexity index is 626. The van der Waals surface area contributed by atoms with Crippen molar-refractivity contribution in [3.05, 3.63) is 28.8 Å². The van der Waals surface area contributed by atoms with Crippen LogP contribution in [0.25, 0.3) is 0 Å². The average molecular weight is 335 g/mol. The predicted molar refractivity (Wildman–Crippen MR) is 81.3 cm³/mol. The highest BCUT2D eigenvalue weighted by Gasteiger charge is 2.30. The zero-order chi connectivity index (χ0) is 14.9. The van der Waals surface area contributed by atoms with Crippen LogP contribution in [0.2, 0.25) is 5.02 Å². The van der Waals surface area contributed by atoms with Crippen LogP contribution in [0, 0.1) is 0 Å². The van der Waals surface area contributed by atoms with E-state index >= 15 is 0 Å². The smallest absolute Gasteiger partial charge is 0.244 e. The molecule has 0 amide bonds. The number of sulfonamides is 1. The van der Waals surface area contributed by atoms with Crippen molar-refractivity contribution in [2.24, 2.45) is 5.73 Å². The van der Waals surface area contributed by atoms with Crippen LogP contribution in [0.4, 0.5) is 0 Å². The molecule has 0 aromatic heterocycles. The number of nitrogens with two attached hydrogens (primary N) is 1. The topological polar surface area (TPSA) is 83.6 Å². The molecule has 1 aromatic carbocycles. The van der Waals surface area contributed by atoms with Crippen molar-refractivity contribution < 1.29 is 13.5 Å². The van der Waals surface area contributed by atoms with Gasteiger partial charge in [0.2, 0.25) is 10.0 Å². The lowest BCUT2D eigenvalue weighted by atomic mass is 10.1. The minimum absolute atomic E-state index is 0.0376. The summed E-state index contributed by atoms with van der Waals surface area (Å²) in [4.78, 5) is 0.201. The van der Waals surface area contributed by atoms with E-state index < -0.39 is 16.1 Å². The number of benzene rings is 1. The molecule has 0 radical (unpaired) electrons. The van der Waals surface area contributed by atoms with Crippen molar-refractivity contribution in [2.75, 3.05) is 13.1 Å². The zero-order valence-corrected chi connectivity index (χ0v) is 13.0. The molecule has 110 valence electrons. The first-order valence-corrected chi connectivity index (χ1v) is 8.32. The standard InChI is InChI=1S/C12H15ClN2O3S2/c13-10-7-8(12(14)19)1-2-11(10)20(17,18)15-5-3-9(16)4-6-15/h1-2,7,9,16H,3-6H2,(H2,14,19). The SMILES string of the molecule is NC(=S)c1ccc(S(=O)(=O)N2CCC(O)CC2)c(Cl)c1. The Morgan fingerprint density at radius 3 is 2.50 bits per heavy atom. The Labute approximate surface area is 128 Å². The van der Waals surface area contributed by atoms with E-state index in [1.54, 1.807) is 6.07 Å². The summed E-state index contributed by atoms with van der Waals surface area (Å²) in [6, 6.07) is 4.41. The molecule has 0 spiro atoms. The fourth-order valence-electron chi connectivity index (χ4n) is 2.08. The van der Waals surface area contributed by atoms with Gasteiger partial charge in [-0.15, -0.1) is 0 Å². The molecule has 1 fully saturated rings. The molecule has 1 aromatic rings. The molecule has 0 unspecified atom stereocenters. The van der Waals surface area contributed by atoms with E-state index in [1.807, 2.05) is 0 Å². The lowest BCUT2D eigenvalue weighted by molar-refractivity contribution is 0.113. The summed E-state index contributed by atoms with van der Waals surface area (Å²) in [6.45, 7) is 0.577. The van der Waals surface area contributed by atoms with Gasteiger partial charge in [-0.2, -0.15) is 4.31 Å². The van der Waals surface area contributed by atoms with Gasteiger partial charge in [0.05, 0.1) is 11.1 Å². The van der Waals surface area contributed by atoms with Gasteiger partial charge >= 0.3 is 0 Å². The Hall–Kier alpha value is -0.730. The molecule has 20 heavy (non-hydrogen) atoms. The van der Waals surface area contributed by atoms with Crippen molar-refractivity contribution >= 4 is 38.8 Å². The molecule has 3 N–H and O–H groups in total. The first-order valence-electron chi connectivity index (χ1n) is 6.10. The largest absolute Gasteiger partial charge is 0.393 e. The number of halogens is 1. The van der Waals surface area contributed by atoms with E-state index in [2.05, 4.69) is 0 Å². The molecule has 5 nitrogen and oxygen atoms in total. The quantitative estimate of drug-likeness (QED) is 0.809. The summed E-state index contributed by atoms with van der Waals surface area (Å²) in [5.74, 6) is 0. The molecular formula is C12H15ClN2O3S2. The molecule has 1 aliphatic heterocycles. The maximum Gasteiger partial charge on any atom is 0.244 e. The number of hydrogen-bond donors (Lipinski definition) is 2. The molecular weight excluding hydrogens is 320 g/mol. The Morgan fingerprint density at radius 2 is 2.00 bits per heavy atom. The average Bonchev–Trinajstić information content (AvgIpc) is 2.38. The molecule has 0 atom stereocenters. The van der Waals surface area contributed by atoms with Crippen LogP contribution in [0.5, 0.6) is 0 Å². The van der Waals surface area contributed by atoms with Gasteiger partial charge in [-0.1, -0.05) is 29.9 Å². The molecule has 1 heterocycles. The summed E-state index contributed by atoms with van der Waals surface area (Å²) in [5, 5.41) is 9.54. The highest BCUT2D eigenvalue weighted by Crippen LogP contribution is 2.27. The number of rotatable bonds is 3. The summed E-state index contributed by atoms with van der Waals surface area (Å²) in [7, 11) is -3.65. The highest BCUT2D eigenvalue weighted by molar-refractivity contribution is 7.89. The second kappa shape index (κ2) is 5.95. The van der Waals surface area contributed by atoms with Crippen molar-refractivity contribution in [1.82, 2.24) is 4.31 Å². The van der Waals surface area contributed by atoms with Gasteiger partial charge < -0.3 is 10.8 Å². The number of piperidine rings is 1. The third-order valence-electron chi connectivity index (χ3n) is 3.26. The first-order chi connectivity index (χ1) is 9.32. The van der Waals surface area contributed by atoms with Gasteiger partial charge in [-0.05, 0) is 25.0 Å². The van der Waals surface area contributed by atoms with Crippen LogP contribution < -0.4 is 5.73 Å². The Kier molecular flexibility index (Phi) is 4.66. The monoisotopic (exact) mass is 334 g/mol. The van der Waals surface area contributed by atoms with E-state index in [1.165, 1.54) is 16.4 Å². The lowest BCUT2D eigenvalue weighted by Gasteiger charge is -2.29. The van der Waals surface area contributed by atoms with E-state index in [-0.39, 0.29) is 28.0 Å². The molecule has 0 saturated carbocycles. The van der Waals surface area contributed by atoms with Crippen LogP contribution >= 0.6 is 23.8 Å². The molecule has 0 aliphatic carbocycles. The zero-order valence-electron chi connectivity index (χ0n) is 10.6. The fourth-order valence-corrected chi connectivity index (χ4v) is 4.20. The Morgan fingerprint density at radius 1 is 1.40 bits per heavy atom. The van der Waals surface area contributed by atoms with Crippen LogP contribution in [-0.2, 0) is 10.0 Å². The van der Waals surface area contributed by atoms with Crippen LogP contribution in [-0.4, -0.2) is 42.0 Å². The Balaban J connectivity index is 2.32. The van der Waals surface area contributed by atoms with Crippen LogP contribution in [0.15, 0.2) is 23.1 Å². The minimum atomic E-state index is -3.65. The lowest BCUT2D eigenvalue weighted by Crippen LogP contribution is -2.40. The summed E-state index contributed by atoms with van der Waals surface area (Å²) >= 11 is 10.9. The van der Waals surface area contributed by atoms with Gasteiger partial charge in [0, 0.05) is 18.7 Å². The summed E-state index contributed by atoms with van der Waals surface area (Å²) < 4.78 is 26.3. The summed E-state index contributed by atoms with van der Waals surface area (Å²) in [6.07, 6.45) is 0.429. The number of hydrogen-bond acceptors (Lipinski definition) is 4. The van der Waals surface area contributed by atoms with Crippen LogP contribution in [0.3, 0.4) is 0 Å². The number of nitrogens with zero attached hydrogens (tertiary/aromatic N) is 1. The maximum atomic E-state index is 12.5. The van der Waals surface area contributed by atoms with Crippen molar-refractivity contribution in [1.29, 1.82) is 0 Å². The second-order valence-electron chi connectivity index (χ2n) is 4.64. The van der Waals surface area contributed by atoms with E-state index in [9.17, 15) is 13.5 Å². The maximum absolute atomic E-state index is 12.5. The van der Waals surface area contributed by atoms with Gasteiger partial charge in [0.1, 0.15) is 9.88 Å². The molecule has 2 rings (SSSR count). The predicted octanol–water partition coefficient (Wildman–Crippen LogP) is 1.12. The highest BCUT2D eigenvalue weighted by atomic mass is 35.5. The number of aliphatic hydroxyl groups excluding tert-OH is 1. The van der Waals surface area contributed by atoms with E-state index in [0.717, 1.165) is 0 Å². The number of aliphatic hydroxyl groups is 1. The van der Waals surface area contributed by atoms with E-state index in [4.69, 9.17) is 29.6 Å². The molecule has 0 bridgehead atoms. The number of thiocarbonyl (C=S) groups is 1. The van der Waals surface area contributed by atoms with Gasteiger partial charge in [-0.25, -0.2) is 8.42 Å². The third-order valence-corrected chi connectivity index (χ3v) is 5.87. The normalized spacial score (nSPS) is 18.1. The third kappa shape index (κ3) is 3.12. The van der Waals surface area contributed by atoms with Gasteiger partial charge in [0.15, 0.2) is 0 Å². The van der Waals surface area contributed by atoms with Crippen molar-refractivity contribution in [3.8, 4) is 0 Å². The van der Waals surface area contributed by atoms with Crippen molar-refractivity contribution in [2.45, 2.75) is 23.8 Å². The molecule has 1 aliphatic rings. The van der Waals surface area contributed by atoms with Gasteiger partial charge in [-0.3, -0.25) is 0 Å². The molecule has 1 saturated heterocycles. The molecule has 8 heteroatoms. The second-order valence-corrected chi connectivity index (χ2v) is 7.40. The van der Waals surface area contributed by atoms with Crippen LogP contribution in [0.1, 0.15) is 18.4 Å². The summed E-state index contributed by atoms with van der Waals surface area (Å²) in [5.41, 5.74) is 6.01. The van der Waals surface area contributed by atoms with Gasteiger partial charge in [0.25, 0.3) is 0 Å². The van der Waals surface area contributed by atoms with E-state index in [0.29, 0.717) is 18.4 Å². The first kappa shape index (κ1) is 15.7. The minimum Gasteiger partial charge on any atom is -0.393 e. The fraction of sp³-hybridized carbons (Fsp3) is 0.417. The van der Waals surface area contributed by atoms with Crippen molar-refractivity contribution in [3.63, 3.8) is 0 Å².